The molecule has 0 saturated heterocycles. The topological polar surface area (TPSA) is 66.4 Å². The third-order valence-corrected chi connectivity index (χ3v) is 6.24. The Balaban J connectivity index is 1.77. The predicted molar refractivity (Wildman–Crippen MR) is 95.5 cm³/mol. The first kappa shape index (κ1) is 19.9. The summed E-state index contributed by atoms with van der Waals surface area (Å²) < 4.78 is 66.2. The standard InChI is InChI=1S/C19H20F3NO3S/c20-19(21,22)15-3-1-2-14(12-15)13-4-10-18(11-5-13)27(25,26)23-16-6-8-17(24)9-7-16/h1-5,10-12,16-17,23-24H,6-9H2. The number of hydrogen-bond acceptors (Lipinski definition) is 3. The summed E-state index contributed by atoms with van der Waals surface area (Å²) in [7, 11) is -3.72. The average molecular weight is 399 g/mol. The summed E-state index contributed by atoms with van der Waals surface area (Å²) in [6.45, 7) is 0. The van der Waals surface area contributed by atoms with Gasteiger partial charge >= 0.3 is 6.18 Å². The van der Waals surface area contributed by atoms with Crippen LogP contribution in [0.25, 0.3) is 11.1 Å². The van der Waals surface area contributed by atoms with Crippen molar-refractivity contribution in [3.8, 4) is 11.1 Å². The highest BCUT2D eigenvalue weighted by molar-refractivity contribution is 7.89. The van der Waals surface area contributed by atoms with Gasteiger partial charge in [-0.3, -0.25) is 0 Å². The van der Waals surface area contributed by atoms with Gasteiger partial charge in [0.25, 0.3) is 0 Å². The molecular formula is C19H20F3NO3S. The van der Waals surface area contributed by atoms with Crippen molar-refractivity contribution in [3.63, 3.8) is 0 Å². The predicted octanol–water partition coefficient (Wildman–Crippen LogP) is 3.95. The van der Waals surface area contributed by atoms with E-state index in [1.165, 1.54) is 30.3 Å². The Hall–Kier alpha value is -1.90. The molecule has 3 rings (SSSR count). The lowest BCUT2D eigenvalue weighted by atomic mass is 9.94. The largest absolute Gasteiger partial charge is 0.416 e. The summed E-state index contributed by atoms with van der Waals surface area (Å²) in [6, 6.07) is 10.4. The number of rotatable bonds is 4. The number of alkyl halides is 3. The quantitative estimate of drug-likeness (QED) is 0.818. The van der Waals surface area contributed by atoms with Crippen LogP contribution in [0.3, 0.4) is 0 Å². The van der Waals surface area contributed by atoms with E-state index in [0.717, 1.165) is 12.1 Å². The maximum atomic E-state index is 12.8. The fourth-order valence-corrected chi connectivity index (χ4v) is 4.49. The van der Waals surface area contributed by atoms with Crippen molar-refractivity contribution >= 4 is 10.0 Å². The van der Waals surface area contributed by atoms with Crippen molar-refractivity contribution in [2.24, 2.45) is 0 Å². The van der Waals surface area contributed by atoms with E-state index >= 15 is 0 Å². The molecule has 0 heterocycles. The molecule has 0 atom stereocenters. The van der Waals surface area contributed by atoms with Crippen LogP contribution in [-0.2, 0) is 16.2 Å². The van der Waals surface area contributed by atoms with E-state index in [2.05, 4.69) is 4.72 Å². The number of sulfonamides is 1. The summed E-state index contributed by atoms with van der Waals surface area (Å²) in [5, 5.41) is 9.50. The van der Waals surface area contributed by atoms with Crippen LogP contribution in [0.1, 0.15) is 31.2 Å². The number of benzene rings is 2. The van der Waals surface area contributed by atoms with Gasteiger partial charge in [0, 0.05) is 6.04 Å². The van der Waals surface area contributed by atoms with Crippen molar-refractivity contribution in [1.82, 2.24) is 4.72 Å². The Kier molecular flexibility index (Phi) is 5.60. The van der Waals surface area contributed by atoms with E-state index in [0.29, 0.717) is 36.8 Å². The van der Waals surface area contributed by atoms with E-state index in [1.54, 1.807) is 6.07 Å². The lowest BCUT2D eigenvalue weighted by Gasteiger charge is -2.26. The number of aliphatic hydroxyl groups is 1. The molecule has 8 heteroatoms. The van der Waals surface area contributed by atoms with Gasteiger partial charge in [0.1, 0.15) is 0 Å². The normalized spacial score (nSPS) is 21.2. The minimum Gasteiger partial charge on any atom is -0.393 e. The third kappa shape index (κ3) is 4.88. The molecule has 1 fully saturated rings. The fraction of sp³-hybridized carbons (Fsp3) is 0.368. The summed E-state index contributed by atoms with van der Waals surface area (Å²) in [6.07, 6.45) is -2.55. The van der Waals surface area contributed by atoms with Crippen LogP contribution in [-0.4, -0.2) is 25.7 Å². The summed E-state index contributed by atoms with van der Waals surface area (Å²) in [4.78, 5) is 0.0596. The van der Waals surface area contributed by atoms with Gasteiger partial charge in [0.05, 0.1) is 16.6 Å². The van der Waals surface area contributed by atoms with Gasteiger partial charge in [-0.05, 0) is 61.1 Å². The minimum atomic E-state index is -4.43. The van der Waals surface area contributed by atoms with Gasteiger partial charge < -0.3 is 5.11 Å². The molecule has 27 heavy (non-hydrogen) atoms. The molecular weight excluding hydrogens is 379 g/mol. The van der Waals surface area contributed by atoms with Gasteiger partial charge in [0.15, 0.2) is 0 Å². The minimum absolute atomic E-state index is 0.0596. The summed E-state index contributed by atoms with van der Waals surface area (Å²) in [5.41, 5.74) is 0.113. The van der Waals surface area contributed by atoms with Crippen LogP contribution in [0.4, 0.5) is 13.2 Å². The molecule has 1 aliphatic carbocycles. The number of hydrogen-bond donors (Lipinski definition) is 2. The second-order valence-electron chi connectivity index (χ2n) is 6.73. The molecule has 0 bridgehead atoms. The SMILES string of the molecule is O=S(=O)(NC1CCC(O)CC1)c1ccc(-c2cccc(C(F)(F)F)c2)cc1. The molecule has 2 N–H and O–H groups in total. The molecule has 2 aromatic rings. The van der Waals surface area contributed by atoms with Crippen LogP contribution in [0.2, 0.25) is 0 Å². The molecule has 0 spiro atoms. The number of aliphatic hydroxyl groups excluding tert-OH is 1. The Bertz CT molecular complexity index is 887. The molecule has 0 aromatic heterocycles. The first-order chi connectivity index (χ1) is 12.6. The zero-order valence-corrected chi connectivity index (χ0v) is 15.2. The first-order valence-electron chi connectivity index (χ1n) is 8.63. The monoisotopic (exact) mass is 399 g/mol. The highest BCUT2D eigenvalue weighted by Crippen LogP contribution is 2.32. The van der Waals surface area contributed by atoms with E-state index < -0.39 is 21.8 Å². The zero-order chi connectivity index (χ0) is 19.7. The summed E-state index contributed by atoms with van der Waals surface area (Å²) >= 11 is 0. The zero-order valence-electron chi connectivity index (χ0n) is 14.4. The van der Waals surface area contributed by atoms with Gasteiger partial charge in [-0.2, -0.15) is 13.2 Å². The van der Waals surface area contributed by atoms with Crippen molar-refractivity contribution in [2.45, 2.75) is 48.9 Å². The molecule has 1 saturated carbocycles. The second kappa shape index (κ2) is 7.61. The van der Waals surface area contributed by atoms with E-state index in [4.69, 9.17) is 0 Å². The molecule has 4 nitrogen and oxygen atoms in total. The Morgan fingerprint density at radius 2 is 1.56 bits per heavy atom. The molecule has 2 aromatic carbocycles. The van der Waals surface area contributed by atoms with E-state index in [-0.39, 0.29) is 17.0 Å². The maximum absolute atomic E-state index is 12.8. The van der Waals surface area contributed by atoms with Crippen LogP contribution in [0, 0.1) is 0 Å². The van der Waals surface area contributed by atoms with E-state index in [1.807, 2.05) is 0 Å². The highest BCUT2D eigenvalue weighted by Gasteiger charge is 2.30. The Morgan fingerprint density at radius 1 is 0.926 bits per heavy atom. The van der Waals surface area contributed by atoms with Gasteiger partial charge in [-0.25, -0.2) is 13.1 Å². The Morgan fingerprint density at radius 3 is 2.15 bits per heavy atom. The lowest BCUT2D eigenvalue weighted by Crippen LogP contribution is -2.38. The van der Waals surface area contributed by atoms with Crippen molar-refractivity contribution in [2.75, 3.05) is 0 Å². The van der Waals surface area contributed by atoms with Gasteiger partial charge in [-0.1, -0.05) is 24.3 Å². The van der Waals surface area contributed by atoms with Crippen LogP contribution in [0.5, 0.6) is 0 Å². The van der Waals surface area contributed by atoms with Crippen LogP contribution < -0.4 is 4.72 Å². The summed E-state index contributed by atoms with van der Waals surface area (Å²) in [5.74, 6) is 0. The Labute approximate surface area is 156 Å². The van der Waals surface area contributed by atoms with Crippen molar-refractivity contribution in [1.29, 1.82) is 0 Å². The van der Waals surface area contributed by atoms with Gasteiger partial charge in [0.2, 0.25) is 10.0 Å². The maximum Gasteiger partial charge on any atom is 0.416 e. The molecule has 0 radical (unpaired) electrons. The first-order valence-corrected chi connectivity index (χ1v) is 10.1. The third-order valence-electron chi connectivity index (χ3n) is 4.71. The average Bonchev–Trinajstić information content (AvgIpc) is 2.63. The fourth-order valence-electron chi connectivity index (χ4n) is 3.18. The van der Waals surface area contributed by atoms with Crippen LogP contribution in [0.15, 0.2) is 53.4 Å². The van der Waals surface area contributed by atoms with Crippen molar-refractivity contribution < 1.29 is 26.7 Å². The molecule has 1 aliphatic rings. The highest BCUT2D eigenvalue weighted by atomic mass is 32.2. The number of nitrogens with one attached hydrogen (secondary N) is 1. The van der Waals surface area contributed by atoms with E-state index in [9.17, 15) is 26.7 Å². The lowest BCUT2D eigenvalue weighted by molar-refractivity contribution is -0.137. The molecule has 0 amide bonds. The second-order valence-corrected chi connectivity index (χ2v) is 8.44. The smallest absolute Gasteiger partial charge is 0.393 e. The molecule has 0 aliphatic heterocycles. The van der Waals surface area contributed by atoms with Crippen LogP contribution >= 0.6 is 0 Å². The van der Waals surface area contributed by atoms with Gasteiger partial charge in [-0.15, -0.1) is 0 Å². The number of halogens is 3. The molecule has 146 valence electrons. The molecule has 0 unspecified atom stereocenters. The van der Waals surface area contributed by atoms with Crippen molar-refractivity contribution in [3.05, 3.63) is 54.1 Å².